The lowest BCUT2D eigenvalue weighted by atomic mass is 10.1. The van der Waals surface area contributed by atoms with Crippen molar-refractivity contribution >= 4 is 0 Å². The van der Waals surface area contributed by atoms with Gasteiger partial charge in [-0.15, -0.1) is 0 Å². The highest BCUT2D eigenvalue weighted by atomic mass is 16.1. The molecule has 0 bridgehead atoms. The van der Waals surface area contributed by atoms with Crippen LogP contribution < -0.4 is 10.9 Å². The molecule has 0 spiro atoms. The molecule has 0 fully saturated rings. The van der Waals surface area contributed by atoms with Gasteiger partial charge in [-0.05, 0) is 25.1 Å². The lowest BCUT2D eigenvalue weighted by Gasteiger charge is -2.05. The van der Waals surface area contributed by atoms with E-state index in [9.17, 15) is 4.79 Å². The Kier molecular flexibility index (Phi) is 3.89. The topological polar surface area (TPSA) is 57.8 Å². The van der Waals surface area contributed by atoms with Gasteiger partial charge in [-0.3, -0.25) is 4.79 Å². The Hall–Kier alpha value is -1.94. The fraction of sp³-hybridized carbons (Fsp3) is 0.286. The van der Waals surface area contributed by atoms with Crippen LogP contribution in [-0.4, -0.2) is 17.0 Å². The SMILES string of the molecule is CNCc1cnc(Cc2ccccc2C)[nH]c1=O. The normalized spacial score (nSPS) is 10.6. The molecule has 0 atom stereocenters. The molecular weight excluding hydrogens is 226 g/mol. The minimum absolute atomic E-state index is 0.0667. The third-order valence-corrected chi connectivity index (χ3v) is 2.91. The molecule has 2 aromatic rings. The number of rotatable bonds is 4. The van der Waals surface area contributed by atoms with Crippen molar-refractivity contribution in [1.29, 1.82) is 0 Å². The minimum atomic E-state index is -0.0667. The van der Waals surface area contributed by atoms with Gasteiger partial charge >= 0.3 is 0 Å². The van der Waals surface area contributed by atoms with Gasteiger partial charge in [0.25, 0.3) is 5.56 Å². The average Bonchev–Trinajstić information content (AvgIpc) is 2.36. The first-order chi connectivity index (χ1) is 8.70. The van der Waals surface area contributed by atoms with E-state index in [2.05, 4.69) is 34.3 Å². The number of aryl methyl sites for hydroxylation is 1. The predicted octanol–water partition coefficient (Wildman–Crippen LogP) is 1.39. The summed E-state index contributed by atoms with van der Waals surface area (Å²) in [4.78, 5) is 18.9. The van der Waals surface area contributed by atoms with Crippen molar-refractivity contribution < 1.29 is 0 Å². The van der Waals surface area contributed by atoms with Gasteiger partial charge in [0.1, 0.15) is 5.82 Å². The van der Waals surface area contributed by atoms with E-state index in [1.165, 1.54) is 11.1 Å². The maximum Gasteiger partial charge on any atom is 0.255 e. The summed E-state index contributed by atoms with van der Waals surface area (Å²) in [5.41, 5.74) is 2.98. The van der Waals surface area contributed by atoms with E-state index in [0.717, 1.165) is 0 Å². The molecule has 0 saturated heterocycles. The second kappa shape index (κ2) is 5.60. The van der Waals surface area contributed by atoms with Gasteiger partial charge in [0.2, 0.25) is 0 Å². The molecule has 94 valence electrons. The van der Waals surface area contributed by atoms with E-state index in [1.54, 1.807) is 13.2 Å². The first kappa shape index (κ1) is 12.5. The Morgan fingerprint density at radius 3 is 2.72 bits per heavy atom. The highest BCUT2D eigenvalue weighted by Crippen LogP contribution is 2.10. The quantitative estimate of drug-likeness (QED) is 0.853. The zero-order valence-corrected chi connectivity index (χ0v) is 10.7. The summed E-state index contributed by atoms with van der Waals surface area (Å²) in [7, 11) is 1.81. The maximum atomic E-state index is 11.8. The molecule has 4 heteroatoms. The molecule has 0 aliphatic rings. The van der Waals surface area contributed by atoms with Crippen molar-refractivity contribution in [3.05, 3.63) is 63.3 Å². The Morgan fingerprint density at radius 1 is 1.28 bits per heavy atom. The fourth-order valence-corrected chi connectivity index (χ4v) is 1.85. The molecule has 1 aromatic heterocycles. The molecule has 0 amide bonds. The summed E-state index contributed by atoms with van der Waals surface area (Å²) in [6.07, 6.45) is 2.30. The molecule has 0 aliphatic carbocycles. The number of nitrogens with one attached hydrogen (secondary N) is 2. The molecule has 0 saturated carbocycles. The van der Waals surface area contributed by atoms with E-state index >= 15 is 0 Å². The molecule has 18 heavy (non-hydrogen) atoms. The molecule has 0 radical (unpaired) electrons. The second-order valence-electron chi connectivity index (χ2n) is 4.32. The van der Waals surface area contributed by atoms with Gasteiger partial charge in [-0.1, -0.05) is 24.3 Å². The summed E-state index contributed by atoms with van der Waals surface area (Å²) < 4.78 is 0. The minimum Gasteiger partial charge on any atom is -0.315 e. The number of hydrogen-bond acceptors (Lipinski definition) is 3. The highest BCUT2D eigenvalue weighted by Gasteiger charge is 2.04. The largest absolute Gasteiger partial charge is 0.315 e. The number of hydrogen-bond donors (Lipinski definition) is 2. The van der Waals surface area contributed by atoms with E-state index in [4.69, 9.17) is 0 Å². The molecule has 2 N–H and O–H groups in total. The van der Waals surface area contributed by atoms with Crippen molar-refractivity contribution in [2.45, 2.75) is 19.9 Å². The van der Waals surface area contributed by atoms with Crippen molar-refractivity contribution in [2.24, 2.45) is 0 Å². The molecular formula is C14H17N3O. The van der Waals surface area contributed by atoms with Crippen LogP contribution in [-0.2, 0) is 13.0 Å². The van der Waals surface area contributed by atoms with E-state index in [1.807, 2.05) is 12.1 Å². The van der Waals surface area contributed by atoms with Crippen molar-refractivity contribution in [3.63, 3.8) is 0 Å². The predicted molar refractivity (Wildman–Crippen MR) is 71.6 cm³/mol. The van der Waals surface area contributed by atoms with Crippen LogP contribution in [0.3, 0.4) is 0 Å². The summed E-state index contributed by atoms with van der Waals surface area (Å²) in [5.74, 6) is 0.703. The number of aromatic nitrogens is 2. The summed E-state index contributed by atoms with van der Waals surface area (Å²) >= 11 is 0. The zero-order valence-electron chi connectivity index (χ0n) is 10.7. The summed E-state index contributed by atoms with van der Waals surface area (Å²) in [6, 6.07) is 8.11. The Morgan fingerprint density at radius 2 is 2.06 bits per heavy atom. The van der Waals surface area contributed by atoms with E-state index < -0.39 is 0 Å². The average molecular weight is 243 g/mol. The number of nitrogens with zero attached hydrogens (tertiary/aromatic N) is 1. The van der Waals surface area contributed by atoms with Gasteiger partial charge in [0, 0.05) is 24.7 Å². The zero-order chi connectivity index (χ0) is 13.0. The standard InChI is InChI=1S/C14H17N3O/c1-10-5-3-4-6-11(10)7-13-16-9-12(8-15-2)14(18)17-13/h3-6,9,15H,7-8H2,1-2H3,(H,16,17,18). The summed E-state index contributed by atoms with van der Waals surface area (Å²) in [5, 5.41) is 2.94. The van der Waals surface area contributed by atoms with Gasteiger partial charge in [-0.2, -0.15) is 0 Å². The van der Waals surface area contributed by atoms with Gasteiger partial charge in [0.15, 0.2) is 0 Å². The molecule has 1 heterocycles. The van der Waals surface area contributed by atoms with Gasteiger partial charge in [0.05, 0.1) is 0 Å². The second-order valence-corrected chi connectivity index (χ2v) is 4.32. The van der Waals surface area contributed by atoms with Crippen LogP contribution in [0.1, 0.15) is 22.5 Å². The maximum absolute atomic E-state index is 11.8. The first-order valence-corrected chi connectivity index (χ1v) is 5.97. The third-order valence-electron chi connectivity index (χ3n) is 2.91. The third kappa shape index (κ3) is 2.84. The van der Waals surface area contributed by atoms with E-state index in [-0.39, 0.29) is 5.56 Å². The van der Waals surface area contributed by atoms with Gasteiger partial charge < -0.3 is 10.3 Å². The van der Waals surface area contributed by atoms with Crippen LogP contribution in [0.2, 0.25) is 0 Å². The van der Waals surface area contributed by atoms with Crippen LogP contribution >= 0.6 is 0 Å². The molecule has 2 rings (SSSR count). The smallest absolute Gasteiger partial charge is 0.255 e. The van der Waals surface area contributed by atoms with Crippen LogP contribution in [0.25, 0.3) is 0 Å². The molecule has 1 aromatic carbocycles. The van der Waals surface area contributed by atoms with Crippen LogP contribution in [0.4, 0.5) is 0 Å². The van der Waals surface area contributed by atoms with Crippen molar-refractivity contribution in [3.8, 4) is 0 Å². The van der Waals surface area contributed by atoms with Crippen LogP contribution in [0, 0.1) is 6.92 Å². The Balaban J connectivity index is 2.23. The molecule has 0 aliphatic heterocycles. The lowest BCUT2D eigenvalue weighted by Crippen LogP contribution is -2.20. The number of benzene rings is 1. The Labute approximate surface area is 106 Å². The first-order valence-electron chi connectivity index (χ1n) is 5.97. The van der Waals surface area contributed by atoms with Crippen molar-refractivity contribution in [2.75, 3.05) is 7.05 Å². The number of H-pyrrole nitrogens is 1. The van der Waals surface area contributed by atoms with E-state index in [0.29, 0.717) is 24.4 Å². The number of aromatic amines is 1. The molecule has 0 unspecified atom stereocenters. The molecule has 4 nitrogen and oxygen atoms in total. The van der Waals surface area contributed by atoms with Crippen LogP contribution in [0.15, 0.2) is 35.3 Å². The highest BCUT2D eigenvalue weighted by molar-refractivity contribution is 5.28. The Bertz CT molecular complexity index is 590. The van der Waals surface area contributed by atoms with Gasteiger partial charge in [-0.25, -0.2) is 4.98 Å². The van der Waals surface area contributed by atoms with Crippen LogP contribution in [0.5, 0.6) is 0 Å². The summed E-state index contributed by atoms with van der Waals surface area (Å²) in [6.45, 7) is 2.59. The van der Waals surface area contributed by atoms with Crippen molar-refractivity contribution in [1.82, 2.24) is 15.3 Å². The monoisotopic (exact) mass is 243 g/mol. The fourth-order valence-electron chi connectivity index (χ4n) is 1.85. The lowest BCUT2D eigenvalue weighted by molar-refractivity contribution is 0.786.